The van der Waals surface area contributed by atoms with Crippen LogP contribution in [0.4, 0.5) is 0 Å². The van der Waals surface area contributed by atoms with Crippen LogP contribution in [-0.2, 0) is 4.79 Å². The van der Waals surface area contributed by atoms with Crippen molar-refractivity contribution in [2.75, 3.05) is 0 Å². The molecule has 0 fully saturated rings. The van der Waals surface area contributed by atoms with E-state index in [1.54, 1.807) is 11.4 Å². The van der Waals surface area contributed by atoms with Gasteiger partial charge in [0.05, 0.1) is 18.0 Å². The summed E-state index contributed by atoms with van der Waals surface area (Å²) in [5, 5.41) is 15.3. The quantitative estimate of drug-likeness (QED) is 0.889. The molecule has 1 aromatic carbocycles. The first-order chi connectivity index (χ1) is 9.56. The molecule has 0 aliphatic carbocycles. The van der Waals surface area contributed by atoms with Crippen LogP contribution in [0.3, 0.4) is 0 Å². The molecule has 2 N–H and O–H groups in total. The summed E-state index contributed by atoms with van der Waals surface area (Å²) in [7, 11) is 0. The zero-order valence-corrected chi connectivity index (χ0v) is 11.8. The molecule has 0 spiro atoms. The Balaban J connectivity index is 2.17. The lowest BCUT2D eigenvalue weighted by Crippen LogP contribution is -2.29. The van der Waals surface area contributed by atoms with Crippen molar-refractivity contribution < 1.29 is 14.7 Å². The van der Waals surface area contributed by atoms with Gasteiger partial charge in [-0.3, -0.25) is 9.59 Å². The third-order valence-electron chi connectivity index (χ3n) is 2.95. The summed E-state index contributed by atoms with van der Waals surface area (Å²) in [6, 6.07) is 8.68. The van der Waals surface area contributed by atoms with Gasteiger partial charge in [-0.1, -0.05) is 29.8 Å². The highest BCUT2D eigenvalue weighted by molar-refractivity contribution is 7.08. The lowest BCUT2D eigenvalue weighted by Gasteiger charge is -2.17. The van der Waals surface area contributed by atoms with Crippen molar-refractivity contribution in [3.05, 3.63) is 57.8 Å². The Hall–Kier alpha value is -2.14. The summed E-state index contributed by atoms with van der Waals surface area (Å²) in [6.45, 7) is 1.96. The Labute approximate surface area is 121 Å². The lowest BCUT2D eigenvalue weighted by atomic mass is 10.0. The van der Waals surface area contributed by atoms with E-state index in [1.165, 1.54) is 11.3 Å². The highest BCUT2D eigenvalue weighted by Crippen LogP contribution is 2.19. The number of benzene rings is 1. The average molecular weight is 289 g/mol. The highest BCUT2D eigenvalue weighted by atomic mass is 32.1. The van der Waals surface area contributed by atoms with E-state index in [-0.39, 0.29) is 12.3 Å². The summed E-state index contributed by atoms with van der Waals surface area (Å²) in [5.41, 5.74) is 2.44. The van der Waals surface area contributed by atoms with Crippen molar-refractivity contribution >= 4 is 23.2 Å². The van der Waals surface area contributed by atoms with E-state index in [0.29, 0.717) is 5.56 Å². The van der Waals surface area contributed by atoms with E-state index in [2.05, 4.69) is 5.32 Å². The van der Waals surface area contributed by atoms with Gasteiger partial charge in [0, 0.05) is 5.38 Å². The van der Waals surface area contributed by atoms with Crippen LogP contribution in [-0.4, -0.2) is 17.0 Å². The molecule has 0 unspecified atom stereocenters. The fraction of sp³-hybridized carbons (Fsp3) is 0.200. The minimum atomic E-state index is -0.943. The van der Waals surface area contributed by atoms with Crippen molar-refractivity contribution in [2.45, 2.75) is 19.4 Å². The van der Waals surface area contributed by atoms with Gasteiger partial charge >= 0.3 is 5.97 Å². The molecule has 2 aromatic rings. The Kier molecular flexibility index (Phi) is 4.53. The van der Waals surface area contributed by atoms with Crippen LogP contribution in [0.1, 0.15) is 33.9 Å². The zero-order valence-electron chi connectivity index (χ0n) is 11.0. The maximum atomic E-state index is 12.0. The van der Waals surface area contributed by atoms with Gasteiger partial charge in [0.2, 0.25) is 0 Å². The molecule has 0 saturated carbocycles. The van der Waals surface area contributed by atoms with Crippen LogP contribution in [0.25, 0.3) is 0 Å². The molecular formula is C15H15NO3S. The van der Waals surface area contributed by atoms with Crippen LogP contribution in [0.15, 0.2) is 41.1 Å². The minimum absolute atomic E-state index is 0.140. The van der Waals surface area contributed by atoms with Gasteiger partial charge in [-0.15, -0.1) is 0 Å². The zero-order chi connectivity index (χ0) is 14.5. The molecule has 2 rings (SSSR count). The van der Waals surface area contributed by atoms with Gasteiger partial charge in [-0.05, 0) is 23.9 Å². The van der Waals surface area contributed by atoms with Crippen molar-refractivity contribution in [1.29, 1.82) is 0 Å². The van der Waals surface area contributed by atoms with Gasteiger partial charge in [-0.2, -0.15) is 11.3 Å². The molecule has 20 heavy (non-hydrogen) atoms. The van der Waals surface area contributed by atoms with Crippen LogP contribution in [0.2, 0.25) is 0 Å². The topological polar surface area (TPSA) is 66.4 Å². The number of aryl methyl sites for hydroxylation is 1. The fourth-order valence-corrected chi connectivity index (χ4v) is 2.50. The standard InChI is InChI=1S/C15H15NO3S/c1-10-2-4-11(5-3-10)13(8-14(17)18)16-15(19)12-6-7-20-9-12/h2-7,9,13H,8H2,1H3,(H,16,19)(H,17,18)/t13-/m1/s1. The molecule has 0 saturated heterocycles. The van der Waals surface area contributed by atoms with Gasteiger partial charge < -0.3 is 10.4 Å². The number of carbonyl (C=O) groups excluding carboxylic acids is 1. The van der Waals surface area contributed by atoms with E-state index in [4.69, 9.17) is 5.11 Å². The maximum Gasteiger partial charge on any atom is 0.305 e. The van der Waals surface area contributed by atoms with E-state index >= 15 is 0 Å². The van der Waals surface area contributed by atoms with Crippen LogP contribution < -0.4 is 5.32 Å². The smallest absolute Gasteiger partial charge is 0.305 e. The van der Waals surface area contributed by atoms with Crippen molar-refractivity contribution in [2.24, 2.45) is 0 Å². The Morgan fingerprint density at radius 3 is 2.50 bits per heavy atom. The largest absolute Gasteiger partial charge is 0.481 e. The SMILES string of the molecule is Cc1ccc([C@@H](CC(=O)O)NC(=O)c2ccsc2)cc1. The monoisotopic (exact) mass is 289 g/mol. The molecule has 1 heterocycles. The molecule has 0 aliphatic heterocycles. The summed E-state index contributed by atoms with van der Waals surface area (Å²) in [4.78, 5) is 23.0. The fourth-order valence-electron chi connectivity index (χ4n) is 1.86. The predicted molar refractivity (Wildman–Crippen MR) is 78.0 cm³/mol. The van der Waals surface area contributed by atoms with E-state index in [9.17, 15) is 9.59 Å². The van der Waals surface area contributed by atoms with Crippen LogP contribution >= 0.6 is 11.3 Å². The number of hydrogen-bond donors (Lipinski definition) is 2. The molecular weight excluding hydrogens is 274 g/mol. The van der Waals surface area contributed by atoms with Crippen molar-refractivity contribution in [3.8, 4) is 0 Å². The predicted octanol–water partition coefficient (Wildman–Crippen LogP) is 3.00. The first kappa shape index (κ1) is 14.3. The molecule has 1 atom stereocenters. The van der Waals surface area contributed by atoms with E-state index in [1.807, 2.05) is 36.6 Å². The number of carboxylic acid groups (broad SMARTS) is 1. The minimum Gasteiger partial charge on any atom is -0.481 e. The molecule has 0 bridgehead atoms. The number of thiophene rings is 1. The second-order valence-electron chi connectivity index (χ2n) is 4.55. The second-order valence-corrected chi connectivity index (χ2v) is 5.33. The number of aliphatic carboxylic acids is 1. The lowest BCUT2D eigenvalue weighted by molar-refractivity contribution is -0.137. The first-order valence-corrected chi connectivity index (χ1v) is 7.12. The molecule has 4 nitrogen and oxygen atoms in total. The molecule has 0 aliphatic rings. The van der Waals surface area contributed by atoms with Crippen molar-refractivity contribution in [3.63, 3.8) is 0 Å². The van der Waals surface area contributed by atoms with Crippen molar-refractivity contribution in [1.82, 2.24) is 5.32 Å². The van der Waals surface area contributed by atoms with E-state index in [0.717, 1.165) is 11.1 Å². The number of hydrogen-bond acceptors (Lipinski definition) is 3. The molecule has 1 aromatic heterocycles. The number of nitrogens with one attached hydrogen (secondary N) is 1. The average Bonchev–Trinajstić information content (AvgIpc) is 2.92. The Morgan fingerprint density at radius 1 is 1.25 bits per heavy atom. The molecule has 0 radical (unpaired) electrons. The Bertz CT molecular complexity index is 590. The summed E-state index contributed by atoms with van der Waals surface area (Å²) >= 11 is 1.43. The van der Waals surface area contributed by atoms with Gasteiger partial charge in [0.25, 0.3) is 5.91 Å². The third kappa shape index (κ3) is 3.68. The summed E-state index contributed by atoms with van der Waals surface area (Å²) in [5.74, 6) is -1.20. The summed E-state index contributed by atoms with van der Waals surface area (Å²) < 4.78 is 0. The molecule has 5 heteroatoms. The van der Waals surface area contributed by atoms with E-state index < -0.39 is 12.0 Å². The second kappa shape index (κ2) is 6.34. The van der Waals surface area contributed by atoms with Crippen LogP contribution in [0, 0.1) is 6.92 Å². The van der Waals surface area contributed by atoms with Gasteiger partial charge in [-0.25, -0.2) is 0 Å². The number of carboxylic acids is 1. The summed E-state index contributed by atoms with van der Waals surface area (Å²) in [6.07, 6.45) is -0.140. The molecule has 1 amide bonds. The van der Waals surface area contributed by atoms with Gasteiger partial charge in [0.1, 0.15) is 0 Å². The molecule has 104 valence electrons. The maximum absolute atomic E-state index is 12.0. The third-order valence-corrected chi connectivity index (χ3v) is 3.63. The van der Waals surface area contributed by atoms with Gasteiger partial charge in [0.15, 0.2) is 0 Å². The normalized spacial score (nSPS) is 11.8. The van der Waals surface area contributed by atoms with Crippen LogP contribution in [0.5, 0.6) is 0 Å². The number of carbonyl (C=O) groups is 2. The number of amides is 1. The first-order valence-electron chi connectivity index (χ1n) is 6.17. The number of rotatable bonds is 5. The highest BCUT2D eigenvalue weighted by Gasteiger charge is 2.18. The Morgan fingerprint density at radius 2 is 1.95 bits per heavy atom.